The van der Waals surface area contributed by atoms with Gasteiger partial charge in [-0.3, -0.25) is 4.79 Å². The number of aryl methyl sites for hydroxylation is 1. The highest BCUT2D eigenvalue weighted by Crippen LogP contribution is 2.29. The SMILES string of the molecule is Cc1ccc(C(=O)[C@H](C)Sc2nc3cc(S(=O)(=O)N(C)C)ccc3o2)cc1. The number of rotatable bonds is 6. The van der Waals surface area contributed by atoms with Crippen LogP contribution in [0.2, 0.25) is 0 Å². The summed E-state index contributed by atoms with van der Waals surface area (Å²) in [4.78, 5) is 17.0. The Hall–Kier alpha value is -2.16. The van der Waals surface area contributed by atoms with Crippen LogP contribution in [0.4, 0.5) is 0 Å². The van der Waals surface area contributed by atoms with Crippen LogP contribution in [0, 0.1) is 6.92 Å². The molecule has 1 aromatic heterocycles. The van der Waals surface area contributed by atoms with E-state index in [-0.39, 0.29) is 15.9 Å². The van der Waals surface area contributed by atoms with E-state index in [1.165, 1.54) is 38.0 Å². The number of Topliss-reactive ketones (excluding diaryl/α,β-unsaturated/α-hetero) is 1. The van der Waals surface area contributed by atoms with Crippen molar-refractivity contribution in [3.8, 4) is 0 Å². The lowest BCUT2D eigenvalue weighted by Gasteiger charge is -2.10. The topological polar surface area (TPSA) is 80.5 Å². The first kappa shape index (κ1) is 19.6. The predicted octanol–water partition coefficient (Wildman–Crippen LogP) is 3.75. The number of oxazole rings is 1. The standard InChI is InChI=1S/C19H20N2O4S2/c1-12-5-7-14(8-6-12)18(22)13(2)26-19-20-16-11-15(9-10-17(16)25-19)27(23,24)21(3)4/h5-11,13H,1-4H3/t13-/m0/s1. The van der Waals surface area contributed by atoms with E-state index in [0.29, 0.717) is 21.9 Å². The van der Waals surface area contributed by atoms with Gasteiger partial charge in [-0.1, -0.05) is 41.6 Å². The molecule has 0 spiro atoms. The summed E-state index contributed by atoms with van der Waals surface area (Å²) in [5, 5.41) is -0.0527. The third-order valence-electron chi connectivity index (χ3n) is 4.10. The Bertz CT molecular complexity index is 1090. The number of fused-ring (bicyclic) bond motifs is 1. The number of aromatic nitrogens is 1. The third kappa shape index (κ3) is 4.07. The second kappa shape index (κ2) is 7.46. The maximum Gasteiger partial charge on any atom is 0.257 e. The summed E-state index contributed by atoms with van der Waals surface area (Å²) in [5.74, 6) is -0.0156. The second-order valence-corrected chi connectivity index (χ2v) is 9.83. The Labute approximate surface area is 162 Å². The molecule has 6 nitrogen and oxygen atoms in total. The highest BCUT2D eigenvalue weighted by Gasteiger charge is 2.21. The maximum absolute atomic E-state index is 12.6. The fraction of sp³-hybridized carbons (Fsp3) is 0.263. The molecule has 0 saturated heterocycles. The monoisotopic (exact) mass is 404 g/mol. The van der Waals surface area contributed by atoms with Gasteiger partial charge in [0.15, 0.2) is 11.4 Å². The number of hydrogen-bond donors (Lipinski definition) is 0. The van der Waals surface area contributed by atoms with E-state index in [0.717, 1.165) is 9.87 Å². The number of nitrogens with zero attached hydrogens (tertiary/aromatic N) is 2. The number of carbonyl (C=O) groups is 1. The quantitative estimate of drug-likeness (QED) is 0.460. The molecule has 0 aliphatic heterocycles. The van der Waals surface area contributed by atoms with Crippen molar-refractivity contribution in [2.75, 3.05) is 14.1 Å². The highest BCUT2D eigenvalue weighted by atomic mass is 32.2. The molecular weight excluding hydrogens is 384 g/mol. The molecule has 0 unspecified atom stereocenters. The number of thioether (sulfide) groups is 1. The van der Waals surface area contributed by atoms with Gasteiger partial charge in [0.1, 0.15) is 5.52 Å². The van der Waals surface area contributed by atoms with Crippen LogP contribution < -0.4 is 0 Å². The summed E-state index contributed by atoms with van der Waals surface area (Å²) in [6.07, 6.45) is 0. The van der Waals surface area contributed by atoms with Gasteiger partial charge >= 0.3 is 0 Å². The van der Waals surface area contributed by atoms with E-state index in [1.54, 1.807) is 25.1 Å². The minimum Gasteiger partial charge on any atom is -0.431 e. The summed E-state index contributed by atoms with van der Waals surface area (Å²) in [6, 6.07) is 11.9. The molecule has 8 heteroatoms. The molecule has 142 valence electrons. The summed E-state index contributed by atoms with van der Waals surface area (Å²) in [7, 11) is -0.596. The van der Waals surface area contributed by atoms with E-state index in [9.17, 15) is 13.2 Å². The molecule has 2 aromatic carbocycles. The summed E-state index contributed by atoms with van der Waals surface area (Å²) < 4.78 is 31.3. The summed E-state index contributed by atoms with van der Waals surface area (Å²) in [6.45, 7) is 3.76. The van der Waals surface area contributed by atoms with Gasteiger partial charge in [-0.25, -0.2) is 17.7 Å². The van der Waals surface area contributed by atoms with Crippen LogP contribution in [0.15, 0.2) is 57.0 Å². The van der Waals surface area contributed by atoms with E-state index in [1.807, 2.05) is 19.1 Å². The molecule has 0 radical (unpaired) electrons. The van der Waals surface area contributed by atoms with Crippen LogP contribution in [0.3, 0.4) is 0 Å². The number of hydrogen-bond acceptors (Lipinski definition) is 6. The summed E-state index contributed by atoms with van der Waals surface area (Å²) >= 11 is 1.21. The zero-order valence-corrected chi connectivity index (χ0v) is 17.1. The fourth-order valence-electron chi connectivity index (χ4n) is 2.47. The first-order chi connectivity index (χ1) is 12.7. The molecule has 27 heavy (non-hydrogen) atoms. The largest absolute Gasteiger partial charge is 0.431 e. The Balaban J connectivity index is 1.83. The highest BCUT2D eigenvalue weighted by molar-refractivity contribution is 8.00. The smallest absolute Gasteiger partial charge is 0.257 e. The van der Waals surface area contributed by atoms with Crippen molar-refractivity contribution >= 4 is 38.7 Å². The molecule has 0 fully saturated rings. The minimum absolute atomic E-state index is 0.0156. The van der Waals surface area contributed by atoms with Crippen molar-refractivity contribution < 1.29 is 17.6 Å². The first-order valence-electron chi connectivity index (χ1n) is 8.29. The molecule has 0 amide bonds. The fourth-order valence-corrected chi connectivity index (χ4v) is 4.22. The summed E-state index contributed by atoms with van der Waals surface area (Å²) in [5.41, 5.74) is 2.64. The van der Waals surface area contributed by atoms with Crippen molar-refractivity contribution in [2.24, 2.45) is 0 Å². The van der Waals surface area contributed by atoms with Crippen molar-refractivity contribution in [2.45, 2.75) is 29.2 Å². The van der Waals surface area contributed by atoms with Gasteiger partial charge in [0.05, 0.1) is 10.1 Å². The molecule has 1 atom stereocenters. The third-order valence-corrected chi connectivity index (χ3v) is 6.86. The number of ketones is 1. The van der Waals surface area contributed by atoms with Crippen LogP contribution in [-0.2, 0) is 10.0 Å². The Morgan fingerprint density at radius 1 is 1.15 bits per heavy atom. The van der Waals surface area contributed by atoms with Gasteiger partial charge in [-0.05, 0) is 32.0 Å². The van der Waals surface area contributed by atoms with E-state index in [2.05, 4.69) is 4.98 Å². The van der Waals surface area contributed by atoms with Gasteiger partial charge in [-0.2, -0.15) is 0 Å². The molecule has 0 saturated carbocycles. The molecule has 0 aliphatic rings. The molecule has 3 rings (SSSR count). The molecule has 1 heterocycles. The zero-order chi connectivity index (χ0) is 19.8. The van der Waals surface area contributed by atoms with Gasteiger partial charge in [0.2, 0.25) is 10.0 Å². The van der Waals surface area contributed by atoms with Crippen LogP contribution in [0.25, 0.3) is 11.1 Å². The van der Waals surface area contributed by atoms with Crippen molar-refractivity contribution in [1.29, 1.82) is 0 Å². The number of benzene rings is 2. The lowest BCUT2D eigenvalue weighted by molar-refractivity contribution is 0.0993. The minimum atomic E-state index is -3.54. The Morgan fingerprint density at radius 2 is 1.81 bits per heavy atom. The van der Waals surface area contributed by atoms with Gasteiger partial charge < -0.3 is 4.42 Å². The van der Waals surface area contributed by atoms with Crippen molar-refractivity contribution in [1.82, 2.24) is 9.29 Å². The van der Waals surface area contributed by atoms with Crippen molar-refractivity contribution in [3.63, 3.8) is 0 Å². The number of sulfonamides is 1. The van der Waals surface area contributed by atoms with E-state index < -0.39 is 10.0 Å². The molecule has 3 aromatic rings. The van der Waals surface area contributed by atoms with Crippen LogP contribution in [0.5, 0.6) is 0 Å². The van der Waals surface area contributed by atoms with Gasteiger partial charge in [0.25, 0.3) is 5.22 Å². The van der Waals surface area contributed by atoms with Crippen LogP contribution in [-0.4, -0.2) is 42.8 Å². The van der Waals surface area contributed by atoms with Crippen molar-refractivity contribution in [3.05, 3.63) is 53.6 Å². The normalized spacial score (nSPS) is 13.2. The van der Waals surface area contributed by atoms with Crippen LogP contribution in [0.1, 0.15) is 22.8 Å². The molecular formula is C19H20N2O4S2. The van der Waals surface area contributed by atoms with Gasteiger partial charge in [0, 0.05) is 19.7 Å². The predicted molar refractivity (Wildman–Crippen MR) is 106 cm³/mol. The Kier molecular flexibility index (Phi) is 5.41. The first-order valence-corrected chi connectivity index (χ1v) is 10.6. The lowest BCUT2D eigenvalue weighted by Crippen LogP contribution is -2.22. The van der Waals surface area contributed by atoms with Gasteiger partial charge in [-0.15, -0.1) is 0 Å². The Morgan fingerprint density at radius 3 is 2.44 bits per heavy atom. The average Bonchev–Trinajstić information content (AvgIpc) is 3.02. The number of carbonyl (C=O) groups excluding carboxylic acids is 1. The lowest BCUT2D eigenvalue weighted by atomic mass is 10.1. The second-order valence-electron chi connectivity index (χ2n) is 6.39. The molecule has 0 bridgehead atoms. The average molecular weight is 405 g/mol. The molecule has 0 aliphatic carbocycles. The maximum atomic E-state index is 12.6. The molecule has 0 N–H and O–H groups in total. The van der Waals surface area contributed by atoms with Crippen LogP contribution >= 0.6 is 11.8 Å². The van der Waals surface area contributed by atoms with E-state index in [4.69, 9.17) is 4.42 Å². The zero-order valence-electron chi connectivity index (χ0n) is 15.5. The van der Waals surface area contributed by atoms with E-state index >= 15 is 0 Å².